The average molecular weight is 264 g/mol. The Kier molecular flexibility index (Phi) is 6.53. The van der Waals surface area contributed by atoms with Crippen molar-refractivity contribution in [1.29, 1.82) is 0 Å². The van der Waals surface area contributed by atoms with Gasteiger partial charge < -0.3 is 9.47 Å². The lowest BCUT2D eigenvalue weighted by atomic mass is 9.86. The Balaban J connectivity index is 2.61. The van der Waals surface area contributed by atoms with Gasteiger partial charge in [-0.25, -0.2) is 0 Å². The summed E-state index contributed by atoms with van der Waals surface area (Å²) in [6.07, 6.45) is 1.83. The van der Waals surface area contributed by atoms with Gasteiger partial charge in [0.1, 0.15) is 0 Å². The molecule has 0 unspecified atom stereocenters. The van der Waals surface area contributed by atoms with Gasteiger partial charge in [0.05, 0.1) is 0 Å². The smallest absolute Gasteiger partial charge is 0.157 e. The van der Waals surface area contributed by atoms with Crippen molar-refractivity contribution in [3.05, 3.63) is 35.4 Å². The van der Waals surface area contributed by atoms with Crippen LogP contribution in [0.4, 0.5) is 0 Å². The largest absolute Gasteiger partial charge is 0.353 e. The second-order valence-electron chi connectivity index (χ2n) is 5.83. The first-order valence-corrected chi connectivity index (χ1v) is 7.30. The van der Waals surface area contributed by atoms with E-state index in [1.165, 1.54) is 11.1 Å². The zero-order valence-corrected chi connectivity index (χ0v) is 13.0. The second-order valence-corrected chi connectivity index (χ2v) is 5.83. The van der Waals surface area contributed by atoms with Crippen LogP contribution >= 0.6 is 0 Å². The van der Waals surface area contributed by atoms with Crippen LogP contribution in [0.5, 0.6) is 0 Å². The molecule has 0 N–H and O–H groups in total. The average Bonchev–Trinajstić information content (AvgIpc) is 2.36. The summed E-state index contributed by atoms with van der Waals surface area (Å²) >= 11 is 0. The van der Waals surface area contributed by atoms with Crippen LogP contribution in [0.2, 0.25) is 0 Å². The minimum absolute atomic E-state index is 0.0757. The van der Waals surface area contributed by atoms with E-state index in [4.69, 9.17) is 9.47 Å². The number of hydrogen-bond acceptors (Lipinski definition) is 2. The van der Waals surface area contributed by atoms with Crippen molar-refractivity contribution < 1.29 is 9.47 Å². The fourth-order valence-corrected chi connectivity index (χ4v) is 2.06. The fraction of sp³-hybridized carbons (Fsp3) is 0.647. The third kappa shape index (κ3) is 5.75. The quantitative estimate of drug-likeness (QED) is 0.683. The van der Waals surface area contributed by atoms with Crippen LogP contribution in [0.1, 0.15) is 52.2 Å². The molecule has 108 valence electrons. The van der Waals surface area contributed by atoms with Crippen molar-refractivity contribution >= 4 is 0 Å². The molecule has 0 saturated heterocycles. The summed E-state index contributed by atoms with van der Waals surface area (Å²) in [6.45, 7) is 12.2. The van der Waals surface area contributed by atoms with Crippen molar-refractivity contribution in [1.82, 2.24) is 0 Å². The highest BCUT2D eigenvalue weighted by Gasteiger charge is 2.14. The lowest BCUT2D eigenvalue weighted by Crippen LogP contribution is -2.18. The Bertz CT molecular complexity index is 360. The molecule has 0 atom stereocenters. The summed E-state index contributed by atoms with van der Waals surface area (Å²) < 4.78 is 11.2. The number of rotatable bonds is 7. The number of ether oxygens (including phenoxy) is 2. The van der Waals surface area contributed by atoms with Crippen molar-refractivity contribution in [3.8, 4) is 0 Å². The molecule has 1 rings (SSSR count). The summed E-state index contributed by atoms with van der Waals surface area (Å²) in [5, 5.41) is 0. The predicted octanol–water partition coefficient (Wildman–Crippen LogP) is 4.32. The third-order valence-electron chi connectivity index (χ3n) is 3.17. The molecule has 0 heterocycles. The second kappa shape index (κ2) is 7.66. The van der Waals surface area contributed by atoms with Crippen LogP contribution in [-0.2, 0) is 21.3 Å². The Morgan fingerprint density at radius 2 is 1.68 bits per heavy atom. The fourth-order valence-electron chi connectivity index (χ4n) is 2.06. The minimum atomic E-state index is -0.0757. The lowest BCUT2D eigenvalue weighted by Gasteiger charge is -2.20. The highest BCUT2D eigenvalue weighted by molar-refractivity contribution is 5.28. The van der Waals surface area contributed by atoms with E-state index in [1.54, 1.807) is 0 Å². The van der Waals surface area contributed by atoms with Gasteiger partial charge in [-0.3, -0.25) is 0 Å². The molecule has 0 aliphatic carbocycles. The van der Waals surface area contributed by atoms with Crippen molar-refractivity contribution in [2.24, 2.45) is 0 Å². The number of hydrogen-bond donors (Lipinski definition) is 0. The Morgan fingerprint density at radius 3 is 2.21 bits per heavy atom. The molecule has 0 spiro atoms. The van der Waals surface area contributed by atoms with E-state index in [0.717, 1.165) is 12.8 Å². The summed E-state index contributed by atoms with van der Waals surface area (Å²) in [5.41, 5.74) is 2.95. The molecule has 2 heteroatoms. The van der Waals surface area contributed by atoms with Crippen LogP contribution in [0.15, 0.2) is 24.3 Å². The van der Waals surface area contributed by atoms with Crippen LogP contribution in [0, 0.1) is 0 Å². The van der Waals surface area contributed by atoms with E-state index in [-0.39, 0.29) is 11.7 Å². The van der Waals surface area contributed by atoms with Gasteiger partial charge in [-0.1, -0.05) is 45.0 Å². The van der Waals surface area contributed by atoms with Crippen LogP contribution < -0.4 is 0 Å². The Hall–Kier alpha value is -0.860. The topological polar surface area (TPSA) is 18.5 Å². The van der Waals surface area contributed by atoms with Crippen molar-refractivity contribution in [2.45, 2.75) is 59.2 Å². The first-order valence-electron chi connectivity index (χ1n) is 7.30. The predicted molar refractivity (Wildman–Crippen MR) is 80.5 cm³/mol. The van der Waals surface area contributed by atoms with Gasteiger partial charge in [-0.05, 0) is 36.8 Å². The van der Waals surface area contributed by atoms with E-state index in [9.17, 15) is 0 Å². The van der Waals surface area contributed by atoms with Gasteiger partial charge in [0.15, 0.2) is 6.29 Å². The third-order valence-corrected chi connectivity index (χ3v) is 3.17. The van der Waals surface area contributed by atoms with E-state index in [2.05, 4.69) is 45.0 Å². The first kappa shape index (κ1) is 16.2. The number of benzene rings is 1. The van der Waals surface area contributed by atoms with E-state index >= 15 is 0 Å². The lowest BCUT2D eigenvalue weighted by molar-refractivity contribution is -0.139. The van der Waals surface area contributed by atoms with Crippen molar-refractivity contribution in [3.63, 3.8) is 0 Å². The molecule has 1 aromatic carbocycles. The molecule has 0 aliphatic rings. The van der Waals surface area contributed by atoms with Crippen LogP contribution in [0.3, 0.4) is 0 Å². The monoisotopic (exact) mass is 264 g/mol. The number of aryl methyl sites for hydroxylation is 1. The molecule has 0 radical (unpaired) electrons. The molecular weight excluding hydrogens is 236 g/mol. The molecule has 1 aromatic rings. The molecule has 0 saturated carbocycles. The van der Waals surface area contributed by atoms with Gasteiger partial charge in [-0.15, -0.1) is 0 Å². The standard InChI is InChI=1S/C17H28O2/c1-6-18-16(19-7-2)12-11-14-9-8-10-15(13-14)17(3,4)5/h8-10,13,16H,6-7,11-12H2,1-5H3. The normalized spacial score (nSPS) is 12.1. The summed E-state index contributed by atoms with van der Waals surface area (Å²) in [7, 11) is 0. The SMILES string of the molecule is CCOC(CCc1cccc(C(C)(C)C)c1)OCC. The summed E-state index contributed by atoms with van der Waals surface area (Å²) in [4.78, 5) is 0. The summed E-state index contributed by atoms with van der Waals surface area (Å²) in [6, 6.07) is 8.83. The van der Waals surface area contributed by atoms with Gasteiger partial charge in [0.25, 0.3) is 0 Å². The Labute approximate surface area is 118 Å². The van der Waals surface area contributed by atoms with E-state index < -0.39 is 0 Å². The maximum absolute atomic E-state index is 5.58. The zero-order chi connectivity index (χ0) is 14.3. The van der Waals surface area contributed by atoms with E-state index in [0.29, 0.717) is 13.2 Å². The van der Waals surface area contributed by atoms with Crippen LogP contribution in [-0.4, -0.2) is 19.5 Å². The highest BCUT2D eigenvalue weighted by Crippen LogP contribution is 2.23. The van der Waals surface area contributed by atoms with Gasteiger partial charge in [-0.2, -0.15) is 0 Å². The maximum Gasteiger partial charge on any atom is 0.157 e. The first-order chi connectivity index (χ1) is 8.97. The molecule has 0 bridgehead atoms. The molecule has 0 amide bonds. The Morgan fingerprint density at radius 1 is 1.05 bits per heavy atom. The summed E-state index contributed by atoms with van der Waals surface area (Å²) in [5.74, 6) is 0. The van der Waals surface area contributed by atoms with Gasteiger partial charge in [0, 0.05) is 19.6 Å². The van der Waals surface area contributed by atoms with Gasteiger partial charge >= 0.3 is 0 Å². The molecule has 19 heavy (non-hydrogen) atoms. The minimum Gasteiger partial charge on any atom is -0.353 e. The highest BCUT2D eigenvalue weighted by atomic mass is 16.7. The molecule has 0 aromatic heterocycles. The van der Waals surface area contributed by atoms with Crippen LogP contribution in [0.25, 0.3) is 0 Å². The zero-order valence-electron chi connectivity index (χ0n) is 13.0. The molecule has 0 aliphatic heterocycles. The maximum atomic E-state index is 5.58. The van der Waals surface area contributed by atoms with Gasteiger partial charge in [0.2, 0.25) is 0 Å². The molecular formula is C17H28O2. The van der Waals surface area contributed by atoms with E-state index in [1.807, 2.05) is 13.8 Å². The van der Waals surface area contributed by atoms with Crippen molar-refractivity contribution in [2.75, 3.05) is 13.2 Å². The molecule has 2 nitrogen and oxygen atoms in total. The molecule has 0 fully saturated rings.